The first kappa shape index (κ1) is 17.0. The third-order valence-electron chi connectivity index (χ3n) is 3.98. The Hall–Kier alpha value is -1.33. The van der Waals surface area contributed by atoms with Crippen molar-refractivity contribution in [3.63, 3.8) is 0 Å². The number of urea groups is 1. The Morgan fingerprint density at radius 1 is 1.41 bits per heavy atom. The first-order valence-electron chi connectivity index (χ1n) is 7.80. The van der Waals surface area contributed by atoms with Gasteiger partial charge in [0.25, 0.3) is 0 Å². The van der Waals surface area contributed by atoms with Crippen LogP contribution in [0.4, 0.5) is 14.9 Å². The van der Waals surface area contributed by atoms with Gasteiger partial charge >= 0.3 is 6.03 Å². The fourth-order valence-electron chi connectivity index (χ4n) is 2.72. The van der Waals surface area contributed by atoms with E-state index in [-0.39, 0.29) is 11.1 Å². The summed E-state index contributed by atoms with van der Waals surface area (Å²) in [6.45, 7) is 6.23. The lowest BCUT2D eigenvalue weighted by Crippen LogP contribution is -2.40. The maximum Gasteiger partial charge on any atom is 0.319 e. The van der Waals surface area contributed by atoms with Crippen molar-refractivity contribution >= 4 is 23.3 Å². The first-order chi connectivity index (χ1) is 10.6. The highest BCUT2D eigenvalue weighted by Gasteiger charge is 2.19. The number of rotatable bonds is 5. The molecule has 1 heterocycles. The number of hydrogen-bond donors (Lipinski definition) is 2. The van der Waals surface area contributed by atoms with Crippen molar-refractivity contribution in [3.05, 3.63) is 29.0 Å². The highest BCUT2D eigenvalue weighted by atomic mass is 35.5. The smallest absolute Gasteiger partial charge is 0.319 e. The quantitative estimate of drug-likeness (QED) is 0.865. The van der Waals surface area contributed by atoms with E-state index in [9.17, 15) is 9.18 Å². The normalized spacial score (nSPS) is 16.5. The number of carbonyl (C=O) groups excluding carboxylic acids is 1. The number of nitrogens with zero attached hydrogens (tertiary/aromatic N) is 1. The molecule has 0 unspecified atom stereocenters. The fraction of sp³-hybridized carbons (Fsp3) is 0.562. The molecule has 0 atom stereocenters. The number of amides is 2. The molecule has 22 heavy (non-hydrogen) atoms. The average molecular weight is 328 g/mol. The maximum absolute atomic E-state index is 13.0. The molecule has 0 aromatic heterocycles. The summed E-state index contributed by atoms with van der Waals surface area (Å²) < 4.78 is 13.0. The summed E-state index contributed by atoms with van der Waals surface area (Å²) in [6.07, 6.45) is 3.41. The number of likely N-dealkylation sites (tertiary alicyclic amines) is 1. The molecule has 1 aromatic carbocycles. The molecule has 2 N–H and O–H groups in total. The zero-order chi connectivity index (χ0) is 15.9. The van der Waals surface area contributed by atoms with Gasteiger partial charge in [-0.3, -0.25) is 0 Å². The molecular weight excluding hydrogens is 305 g/mol. The van der Waals surface area contributed by atoms with Crippen LogP contribution < -0.4 is 10.6 Å². The Balaban J connectivity index is 1.71. The van der Waals surface area contributed by atoms with Gasteiger partial charge in [0.15, 0.2) is 0 Å². The van der Waals surface area contributed by atoms with Gasteiger partial charge in [-0.15, -0.1) is 0 Å². The minimum Gasteiger partial charge on any atom is -0.338 e. The van der Waals surface area contributed by atoms with Crippen molar-refractivity contribution in [2.45, 2.75) is 26.2 Å². The average Bonchev–Trinajstić information content (AvgIpc) is 2.51. The highest BCUT2D eigenvalue weighted by molar-refractivity contribution is 6.31. The molecule has 4 nitrogen and oxygen atoms in total. The van der Waals surface area contributed by atoms with Gasteiger partial charge < -0.3 is 15.5 Å². The van der Waals surface area contributed by atoms with E-state index in [1.807, 2.05) is 0 Å². The van der Waals surface area contributed by atoms with Crippen LogP contribution in [0.5, 0.6) is 0 Å². The van der Waals surface area contributed by atoms with Gasteiger partial charge in [0, 0.05) is 12.2 Å². The Labute approximate surface area is 136 Å². The number of nitrogens with one attached hydrogen (secondary N) is 2. The van der Waals surface area contributed by atoms with E-state index in [2.05, 4.69) is 22.5 Å². The summed E-state index contributed by atoms with van der Waals surface area (Å²) in [7, 11) is 0. The van der Waals surface area contributed by atoms with Crippen LogP contribution in [-0.4, -0.2) is 37.1 Å². The van der Waals surface area contributed by atoms with E-state index in [1.165, 1.54) is 24.6 Å². The Morgan fingerprint density at radius 3 is 2.77 bits per heavy atom. The Kier molecular flexibility index (Phi) is 6.46. The van der Waals surface area contributed by atoms with Crippen LogP contribution >= 0.6 is 11.6 Å². The summed E-state index contributed by atoms with van der Waals surface area (Å²) in [5.74, 6) is 0.0297. The predicted octanol–water partition coefficient (Wildman–Crippen LogP) is 3.72. The first-order valence-corrected chi connectivity index (χ1v) is 8.18. The summed E-state index contributed by atoms with van der Waals surface area (Å²) in [6, 6.07) is 3.85. The molecule has 6 heteroatoms. The lowest BCUT2D eigenvalue weighted by molar-refractivity contribution is 0.182. The molecule has 0 spiro atoms. The summed E-state index contributed by atoms with van der Waals surface area (Å²) in [5, 5.41) is 5.54. The van der Waals surface area contributed by atoms with E-state index in [0.717, 1.165) is 32.5 Å². The molecular formula is C16H23ClFN3O. The highest BCUT2D eigenvalue weighted by Crippen LogP contribution is 2.19. The SMILES string of the molecule is CCCN1CCC(CNC(=O)Nc2ccc(F)c(Cl)c2)CC1. The standard InChI is InChI=1S/C16H23ClFN3O/c1-2-7-21-8-5-12(6-9-21)11-19-16(22)20-13-3-4-15(18)14(17)10-13/h3-4,10,12H,2,5-9,11H2,1H3,(H2,19,20,22). The van der Waals surface area contributed by atoms with Gasteiger partial charge in [0.1, 0.15) is 5.82 Å². The zero-order valence-electron chi connectivity index (χ0n) is 12.9. The molecule has 0 aliphatic carbocycles. The molecule has 0 saturated carbocycles. The van der Waals surface area contributed by atoms with E-state index in [4.69, 9.17) is 11.6 Å². The number of benzene rings is 1. The molecule has 1 aliphatic rings. The van der Waals surface area contributed by atoms with Crippen molar-refractivity contribution in [1.29, 1.82) is 0 Å². The minimum atomic E-state index is -0.494. The van der Waals surface area contributed by atoms with Crippen molar-refractivity contribution in [2.24, 2.45) is 5.92 Å². The molecule has 2 amide bonds. The second kappa shape index (κ2) is 8.34. The van der Waals surface area contributed by atoms with Crippen LogP contribution in [0.2, 0.25) is 5.02 Å². The molecule has 1 aliphatic heterocycles. The van der Waals surface area contributed by atoms with Gasteiger partial charge in [0.2, 0.25) is 0 Å². The van der Waals surface area contributed by atoms with E-state index >= 15 is 0 Å². The minimum absolute atomic E-state index is 0.00101. The van der Waals surface area contributed by atoms with Crippen molar-refractivity contribution in [1.82, 2.24) is 10.2 Å². The lowest BCUT2D eigenvalue weighted by Gasteiger charge is -2.31. The van der Waals surface area contributed by atoms with Gasteiger partial charge in [-0.2, -0.15) is 0 Å². The van der Waals surface area contributed by atoms with E-state index in [1.54, 1.807) is 0 Å². The topological polar surface area (TPSA) is 44.4 Å². The molecule has 1 saturated heterocycles. The van der Waals surface area contributed by atoms with Crippen LogP contribution in [-0.2, 0) is 0 Å². The maximum atomic E-state index is 13.0. The lowest BCUT2D eigenvalue weighted by atomic mass is 9.97. The van der Waals surface area contributed by atoms with Gasteiger partial charge in [-0.05, 0) is 63.0 Å². The van der Waals surface area contributed by atoms with Crippen molar-refractivity contribution in [2.75, 3.05) is 31.5 Å². The second-order valence-corrected chi connectivity index (χ2v) is 6.16. The van der Waals surface area contributed by atoms with Crippen LogP contribution in [0.25, 0.3) is 0 Å². The number of halogens is 2. The monoisotopic (exact) mass is 327 g/mol. The molecule has 1 aromatic rings. The van der Waals surface area contributed by atoms with E-state index < -0.39 is 5.82 Å². The van der Waals surface area contributed by atoms with Crippen LogP contribution in [0.1, 0.15) is 26.2 Å². The summed E-state index contributed by atoms with van der Waals surface area (Å²) in [5.41, 5.74) is 0.488. The largest absolute Gasteiger partial charge is 0.338 e. The van der Waals surface area contributed by atoms with E-state index in [0.29, 0.717) is 18.2 Å². The molecule has 2 rings (SSSR count). The summed E-state index contributed by atoms with van der Waals surface area (Å²) >= 11 is 5.68. The number of hydrogen-bond acceptors (Lipinski definition) is 2. The van der Waals surface area contributed by atoms with Crippen LogP contribution in [0, 0.1) is 11.7 Å². The second-order valence-electron chi connectivity index (χ2n) is 5.75. The van der Waals surface area contributed by atoms with Gasteiger partial charge in [-0.25, -0.2) is 9.18 Å². The number of piperidine rings is 1. The Morgan fingerprint density at radius 2 is 2.14 bits per heavy atom. The Bertz CT molecular complexity index is 504. The summed E-state index contributed by atoms with van der Waals surface area (Å²) in [4.78, 5) is 14.3. The molecule has 0 bridgehead atoms. The third-order valence-corrected chi connectivity index (χ3v) is 4.27. The zero-order valence-corrected chi connectivity index (χ0v) is 13.6. The van der Waals surface area contributed by atoms with Crippen molar-refractivity contribution in [3.8, 4) is 0 Å². The third kappa shape index (κ3) is 5.14. The number of carbonyl (C=O) groups is 1. The fourth-order valence-corrected chi connectivity index (χ4v) is 2.90. The predicted molar refractivity (Wildman–Crippen MR) is 87.9 cm³/mol. The molecule has 0 radical (unpaired) electrons. The number of anilines is 1. The molecule has 122 valence electrons. The van der Waals surface area contributed by atoms with Gasteiger partial charge in [0.05, 0.1) is 5.02 Å². The van der Waals surface area contributed by atoms with Crippen LogP contribution in [0.15, 0.2) is 18.2 Å². The van der Waals surface area contributed by atoms with Crippen molar-refractivity contribution < 1.29 is 9.18 Å². The van der Waals surface area contributed by atoms with Gasteiger partial charge in [-0.1, -0.05) is 18.5 Å². The molecule has 1 fully saturated rings. The van der Waals surface area contributed by atoms with Crippen LogP contribution in [0.3, 0.4) is 0 Å².